The van der Waals surface area contributed by atoms with Crippen LogP contribution in [0.2, 0.25) is 0 Å². The smallest absolute Gasteiger partial charge is 0.302 e. The maximum absolute atomic E-state index is 13.7. The van der Waals surface area contributed by atoms with Crippen molar-refractivity contribution in [2.24, 2.45) is 0 Å². The molecule has 0 N–H and O–H groups in total. The Balaban J connectivity index is 2.72. The predicted octanol–water partition coefficient (Wildman–Crippen LogP) is 3.12. The Morgan fingerprint density at radius 3 is 2.53 bits per heavy atom. The van der Waals surface area contributed by atoms with Gasteiger partial charge in [0.2, 0.25) is 5.82 Å². The highest BCUT2D eigenvalue weighted by Gasteiger charge is 2.27. The molecule has 0 spiro atoms. The van der Waals surface area contributed by atoms with Gasteiger partial charge in [0.05, 0.1) is 11.3 Å². The Labute approximate surface area is 106 Å². The summed E-state index contributed by atoms with van der Waals surface area (Å²) in [5.41, 5.74) is -0.680. The van der Waals surface area contributed by atoms with E-state index < -0.39 is 29.0 Å². The standard InChI is InChI=1S/C11H12F4N2O2/c1-16(6-5-11(13,14)15)7-8-3-2-4-9(10(8)12)17(18)19/h2-4H,5-7H2,1H3. The van der Waals surface area contributed by atoms with Crippen molar-refractivity contribution in [1.29, 1.82) is 0 Å². The summed E-state index contributed by atoms with van der Waals surface area (Å²) in [5, 5.41) is 10.5. The quantitative estimate of drug-likeness (QED) is 0.473. The zero-order valence-electron chi connectivity index (χ0n) is 10.1. The summed E-state index contributed by atoms with van der Waals surface area (Å²) < 4.78 is 49.7. The largest absolute Gasteiger partial charge is 0.390 e. The zero-order valence-corrected chi connectivity index (χ0v) is 10.1. The van der Waals surface area contributed by atoms with Crippen LogP contribution in [0.3, 0.4) is 0 Å². The lowest BCUT2D eigenvalue weighted by atomic mass is 10.1. The van der Waals surface area contributed by atoms with Crippen LogP contribution in [0.25, 0.3) is 0 Å². The third-order valence-corrected chi connectivity index (χ3v) is 2.47. The highest BCUT2D eigenvalue weighted by atomic mass is 19.4. The molecule has 106 valence electrons. The monoisotopic (exact) mass is 280 g/mol. The molecule has 0 aliphatic rings. The number of nitrogens with zero attached hydrogens (tertiary/aromatic N) is 2. The molecule has 0 aliphatic heterocycles. The van der Waals surface area contributed by atoms with Crippen molar-refractivity contribution < 1.29 is 22.5 Å². The summed E-state index contributed by atoms with van der Waals surface area (Å²) in [6.45, 7) is -0.421. The first-order chi connectivity index (χ1) is 8.70. The van der Waals surface area contributed by atoms with Crippen LogP contribution in [0, 0.1) is 15.9 Å². The van der Waals surface area contributed by atoms with Crippen molar-refractivity contribution in [3.05, 3.63) is 39.7 Å². The van der Waals surface area contributed by atoms with Crippen LogP contribution < -0.4 is 0 Å². The van der Waals surface area contributed by atoms with E-state index in [1.165, 1.54) is 24.1 Å². The molecule has 8 heteroatoms. The van der Waals surface area contributed by atoms with Crippen LogP contribution in [0.5, 0.6) is 0 Å². The molecule has 0 fully saturated rings. The number of rotatable bonds is 5. The van der Waals surface area contributed by atoms with E-state index in [0.717, 1.165) is 6.07 Å². The number of alkyl halides is 3. The van der Waals surface area contributed by atoms with E-state index >= 15 is 0 Å². The van der Waals surface area contributed by atoms with E-state index in [0.29, 0.717) is 0 Å². The summed E-state index contributed by atoms with van der Waals surface area (Å²) in [7, 11) is 1.39. The van der Waals surface area contributed by atoms with Crippen molar-refractivity contribution in [1.82, 2.24) is 4.90 Å². The second kappa shape index (κ2) is 5.96. The van der Waals surface area contributed by atoms with Gasteiger partial charge in [-0.15, -0.1) is 0 Å². The van der Waals surface area contributed by atoms with Gasteiger partial charge in [-0.2, -0.15) is 17.6 Å². The molecule has 0 atom stereocenters. The molecule has 0 saturated carbocycles. The first kappa shape index (κ1) is 15.4. The van der Waals surface area contributed by atoms with E-state index in [4.69, 9.17) is 0 Å². The summed E-state index contributed by atoms with van der Waals surface area (Å²) >= 11 is 0. The average Bonchev–Trinajstić information content (AvgIpc) is 2.28. The number of benzene rings is 1. The van der Waals surface area contributed by atoms with Gasteiger partial charge in [0.25, 0.3) is 0 Å². The van der Waals surface area contributed by atoms with Crippen molar-refractivity contribution >= 4 is 5.69 Å². The fourth-order valence-electron chi connectivity index (χ4n) is 1.52. The fraction of sp³-hybridized carbons (Fsp3) is 0.455. The average molecular weight is 280 g/mol. The van der Waals surface area contributed by atoms with Crippen LogP contribution in [0.1, 0.15) is 12.0 Å². The molecule has 0 amide bonds. The lowest BCUT2D eigenvalue weighted by Crippen LogP contribution is -2.24. The lowest BCUT2D eigenvalue weighted by Gasteiger charge is -2.17. The summed E-state index contributed by atoms with van der Waals surface area (Å²) in [6.07, 6.45) is -5.30. The summed E-state index contributed by atoms with van der Waals surface area (Å²) in [4.78, 5) is 10.9. The molecule has 19 heavy (non-hydrogen) atoms. The van der Waals surface area contributed by atoms with Crippen molar-refractivity contribution in [2.75, 3.05) is 13.6 Å². The van der Waals surface area contributed by atoms with Crippen molar-refractivity contribution in [3.63, 3.8) is 0 Å². The van der Waals surface area contributed by atoms with E-state index in [2.05, 4.69) is 0 Å². The molecule has 0 aliphatic carbocycles. The lowest BCUT2D eigenvalue weighted by molar-refractivity contribution is -0.387. The number of hydrogen-bond donors (Lipinski definition) is 0. The summed E-state index contributed by atoms with van der Waals surface area (Å²) in [6, 6.07) is 3.62. The molecule has 0 heterocycles. The third kappa shape index (κ3) is 4.82. The van der Waals surface area contributed by atoms with E-state index in [9.17, 15) is 27.7 Å². The maximum Gasteiger partial charge on any atom is 0.390 e. The maximum atomic E-state index is 13.7. The first-order valence-corrected chi connectivity index (χ1v) is 5.38. The highest BCUT2D eigenvalue weighted by molar-refractivity contribution is 5.36. The second-order valence-electron chi connectivity index (χ2n) is 4.11. The Bertz CT molecular complexity index is 462. The second-order valence-corrected chi connectivity index (χ2v) is 4.11. The molecule has 0 radical (unpaired) electrons. The fourth-order valence-corrected chi connectivity index (χ4v) is 1.52. The van der Waals surface area contributed by atoms with Gasteiger partial charge < -0.3 is 4.90 Å². The molecule has 0 bridgehead atoms. The minimum absolute atomic E-state index is 0.00104. The number of nitro groups is 1. The number of hydrogen-bond acceptors (Lipinski definition) is 3. The van der Waals surface area contributed by atoms with Crippen molar-refractivity contribution in [2.45, 2.75) is 19.1 Å². The van der Waals surface area contributed by atoms with Gasteiger partial charge in [-0.25, -0.2) is 0 Å². The molecular weight excluding hydrogens is 268 g/mol. The van der Waals surface area contributed by atoms with Crippen LogP contribution >= 0.6 is 0 Å². The Morgan fingerprint density at radius 2 is 2.00 bits per heavy atom. The van der Waals surface area contributed by atoms with E-state index in [-0.39, 0.29) is 18.7 Å². The molecule has 1 rings (SSSR count). The SMILES string of the molecule is CN(CCC(F)(F)F)Cc1cccc([N+](=O)[O-])c1F. The Kier molecular flexibility index (Phi) is 4.82. The normalized spacial score (nSPS) is 11.9. The predicted molar refractivity (Wildman–Crippen MR) is 60.1 cm³/mol. The Morgan fingerprint density at radius 1 is 1.37 bits per heavy atom. The van der Waals surface area contributed by atoms with Gasteiger partial charge in [-0.3, -0.25) is 10.1 Å². The molecule has 0 unspecified atom stereocenters. The topological polar surface area (TPSA) is 46.4 Å². The Hall–Kier alpha value is -1.70. The number of nitro benzene ring substituents is 1. The molecule has 4 nitrogen and oxygen atoms in total. The molecule has 0 saturated heterocycles. The van der Waals surface area contributed by atoms with Gasteiger partial charge >= 0.3 is 11.9 Å². The molecule has 1 aromatic carbocycles. The van der Waals surface area contributed by atoms with Crippen LogP contribution in [0.15, 0.2) is 18.2 Å². The van der Waals surface area contributed by atoms with Gasteiger partial charge in [-0.05, 0) is 7.05 Å². The third-order valence-electron chi connectivity index (χ3n) is 2.47. The number of halogens is 4. The molecule has 0 aromatic heterocycles. The minimum atomic E-state index is -4.28. The van der Waals surface area contributed by atoms with E-state index in [1.54, 1.807) is 0 Å². The van der Waals surface area contributed by atoms with Gasteiger partial charge in [-0.1, -0.05) is 12.1 Å². The van der Waals surface area contributed by atoms with Gasteiger partial charge in [0, 0.05) is 24.7 Å². The van der Waals surface area contributed by atoms with E-state index in [1.807, 2.05) is 0 Å². The molecular formula is C11H12F4N2O2. The van der Waals surface area contributed by atoms with Crippen molar-refractivity contribution in [3.8, 4) is 0 Å². The first-order valence-electron chi connectivity index (χ1n) is 5.38. The zero-order chi connectivity index (χ0) is 14.6. The molecule has 1 aromatic rings. The van der Waals surface area contributed by atoms with Crippen LogP contribution in [-0.4, -0.2) is 29.6 Å². The van der Waals surface area contributed by atoms with Crippen LogP contribution in [0.4, 0.5) is 23.2 Å². The summed E-state index contributed by atoms with van der Waals surface area (Å²) in [5.74, 6) is -1.01. The highest BCUT2D eigenvalue weighted by Crippen LogP contribution is 2.23. The van der Waals surface area contributed by atoms with Gasteiger partial charge in [0.15, 0.2) is 0 Å². The minimum Gasteiger partial charge on any atom is -0.302 e. The van der Waals surface area contributed by atoms with Gasteiger partial charge in [0.1, 0.15) is 0 Å². The van der Waals surface area contributed by atoms with Crippen LogP contribution in [-0.2, 0) is 6.54 Å².